The summed E-state index contributed by atoms with van der Waals surface area (Å²) in [7, 11) is 0. The largest absolute Gasteiger partial charge is 0.393 e. The number of hydrogen-bond acceptors (Lipinski definition) is 1. The van der Waals surface area contributed by atoms with Crippen molar-refractivity contribution in [1.82, 2.24) is 0 Å². The van der Waals surface area contributed by atoms with Gasteiger partial charge in [-0.2, -0.15) is 0 Å². The van der Waals surface area contributed by atoms with Crippen LogP contribution in [-0.4, -0.2) is 11.2 Å². The molecule has 0 aliphatic heterocycles. The number of rotatable bonds is 0. The summed E-state index contributed by atoms with van der Waals surface area (Å²) in [6.07, 6.45) is 13.0. The second-order valence-electron chi connectivity index (χ2n) is 9.32. The zero-order valence-corrected chi connectivity index (χ0v) is 14.1. The third-order valence-corrected chi connectivity index (χ3v) is 8.19. The fraction of sp³-hybridized carbons (Fsp3) is 0.900. The molecule has 7 atom stereocenters. The quantitative estimate of drug-likeness (QED) is 0.626. The number of allylic oxidation sites excluding steroid dienone is 2. The first-order chi connectivity index (χ1) is 9.92. The molecule has 21 heavy (non-hydrogen) atoms. The summed E-state index contributed by atoms with van der Waals surface area (Å²) >= 11 is 0. The molecular formula is C20H32O. The predicted molar refractivity (Wildman–Crippen MR) is 86.9 cm³/mol. The van der Waals surface area contributed by atoms with Gasteiger partial charge in [0.15, 0.2) is 0 Å². The van der Waals surface area contributed by atoms with E-state index in [9.17, 15) is 5.11 Å². The van der Waals surface area contributed by atoms with E-state index in [1.54, 1.807) is 5.57 Å². The zero-order chi connectivity index (χ0) is 14.8. The predicted octanol–water partition coefficient (Wildman–Crippen LogP) is 4.95. The van der Waals surface area contributed by atoms with E-state index in [1.807, 2.05) is 0 Å². The first-order valence-electron chi connectivity index (χ1n) is 9.29. The van der Waals surface area contributed by atoms with Crippen LogP contribution in [0.25, 0.3) is 0 Å². The van der Waals surface area contributed by atoms with Crippen molar-refractivity contribution in [3.05, 3.63) is 11.6 Å². The van der Waals surface area contributed by atoms with Gasteiger partial charge in [-0.3, -0.25) is 0 Å². The fourth-order valence-electron chi connectivity index (χ4n) is 7.12. The summed E-state index contributed by atoms with van der Waals surface area (Å²) < 4.78 is 0. The Morgan fingerprint density at radius 1 is 1.05 bits per heavy atom. The molecule has 0 aromatic heterocycles. The van der Waals surface area contributed by atoms with Gasteiger partial charge in [-0.1, -0.05) is 25.5 Å². The Bertz CT molecular complexity index is 466. The van der Waals surface area contributed by atoms with E-state index in [4.69, 9.17) is 0 Å². The van der Waals surface area contributed by atoms with Gasteiger partial charge in [0.25, 0.3) is 0 Å². The molecule has 0 aromatic rings. The molecule has 0 bridgehead atoms. The summed E-state index contributed by atoms with van der Waals surface area (Å²) in [4.78, 5) is 0. The minimum atomic E-state index is -0.0103. The van der Waals surface area contributed by atoms with Gasteiger partial charge >= 0.3 is 0 Å². The number of fused-ring (bicyclic) bond motifs is 5. The van der Waals surface area contributed by atoms with Crippen molar-refractivity contribution in [2.45, 2.75) is 78.2 Å². The van der Waals surface area contributed by atoms with Crippen LogP contribution in [0.15, 0.2) is 11.6 Å². The monoisotopic (exact) mass is 288 g/mol. The van der Waals surface area contributed by atoms with Gasteiger partial charge in [0.1, 0.15) is 0 Å². The molecule has 0 unspecified atom stereocenters. The summed E-state index contributed by atoms with van der Waals surface area (Å²) in [5.74, 6) is 3.60. The van der Waals surface area contributed by atoms with Gasteiger partial charge in [-0.15, -0.1) is 0 Å². The van der Waals surface area contributed by atoms with Crippen LogP contribution in [0.4, 0.5) is 0 Å². The van der Waals surface area contributed by atoms with Gasteiger partial charge in [0, 0.05) is 0 Å². The second kappa shape index (κ2) is 4.60. The summed E-state index contributed by atoms with van der Waals surface area (Å²) in [6, 6.07) is 0. The van der Waals surface area contributed by atoms with Crippen LogP contribution in [0.1, 0.15) is 72.1 Å². The maximum absolute atomic E-state index is 10.1. The number of aliphatic hydroxyl groups excluding tert-OH is 1. The fourth-order valence-corrected chi connectivity index (χ4v) is 7.12. The van der Waals surface area contributed by atoms with Gasteiger partial charge < -0.3 is 5.11 Å². The van der Waals surface area contributed by atoms with Crippen LogP contribution >= 0.6 is 0 Å². The molecule has 3 saturated carbocycles. The highest BCUT2D eigenvalue weighted by Crippen LogP contribution is 2.65. The maximum atomic E-state index is 10.1. The van der Waals surface area contributed by atoms with Crippen molar-refractivity contribution < 1.29 is 5.11 Å². The molecule has 0 radical (unpaired) electrons. The van der Waals surface area contributed by atoms with Crippen LogP contribution in [0.5, 0.6) is 0 Å². The minimum absolute atomic E-state index is 0.0103. The molecule has 3 fully saturated rings. The van der Waals surface area contributed by atoms with E-state index in [2.05, 4.69) is 26.8 Å². The molecule has 1 nitrogen and oxygen atoms in total. The van der Waals surface area contributed by atoms with Crippen LogP contribution in [0.2, 0.25) is 0 Å². The average molecular weight is 288 g/mol. The smallest absolute Gasteiger partial charge is 0.0543 e. The van der Waals surface area contributed by atoms with Crippen molar-refractivity contribution in [2.24, 2.45) is 34.5 Å². The first kappa shape index (κ1) is 14.3. The molecular weight excluding hydrogens is 256 g/mol. The van der Waals surface area contributed by atoms with E-state index in [0.29, 0.717) is 10.8 Å². The second-order valence-corrected chi connectivity index (χ2v) is 9.32. The molecule has 4 rings (SSSR count). The van der Waals surface area contributed by atoms with Crippen molar-refractivity contribution >= 4 is 0 Å². The molecule has 4 aliphatic carbocycles. The van der Waals surface area contributed by atoms with E-state index >= 15 is 0 Å². The Morgan fingerprint density at radius 3 is 2.67 bits per heavy atom. The molecule has 0 aromatic carbocycles. The highest BCUT2D eigenvalue weighted by atomic mass is 16.3. The third kappa shape index (κ3) is 1.99. The molecule has 118 valence electrons. The lowest BCUT2D eigenvalue weighted by Crippen LogP contribution is -2.53. The van der Waals surface area contributed by atoms with Gasteiger partial charge in [0.2, 0.25) is 0 Å². The lowest BCUT2D eigenvalue weighted by atomic mass is 9.45. The normalized spacial score (nSPS) is 56.2. The Labute approximate surface area is 130 Å². The SMILES string of the molecule is CC1=C[C@]2(C)CC[C@@H]3[C@H](CC[C@@H]4C[C@@H](O)CC[C@]43C)[C@H]2C1. The molecule has 0 spiro atoms. The number of aliphatic hydroxyl groups is 1. The van der Waals surface area contributed by atoms with Crippen molar-refractivity contribution in [3.8, 4) is 0 Å². The summed E-state index contributed by atoms with van der Waals surface area (Å²) in [5, 5.41) is 10.1. The van der Waals surface area contributed by atoms with E-state index < -0.39 is 0 Å². The Hall–Kier alpha value is -0.300. The van der Waals surface area contributed by atoms with E-state index in [1.165, 1.54) is 38.5 Å². The topological polar surface area (TPSA) is 20.2 Å². The maximum Gasteiger partial charge on any atom is 0.0543 e. The summed E-state index contributed by atoms with van der Waals surface area (Å²) in [5.41, 5.74) is 2.68. The molecule has 0 saturated heterocycles. The van der Waals surface area contributed by atoms with Gasteiger partial charge in [-0.25, -0.2) is 0 Å². The highest BCUT2D eigenvalue weighted by molar-refractivity contribution is 5.21. The van der Waals surface area contributed by atoms with Crippen molar-refractivity contribution in [2.75, 3.05) is 0 Å². The van der Waals surface area contributed by atoms with Crippen LogP contribution in [0, 0.1) is 34.5 Å². The van der Waals surface area contributed by atoms with Gasteiger partial charge in [0.05, 0.1) is 6.10 Å². The van der Waals surface area contributed by atoms with Crippen LogP contribution in [0.3, 0.4) is 0 Å². The molecule has 1 heteroatoms. The summed E-state index contributed by atoms with van der Waals surface area (Å²) in [6.45, 7) is 7.46. The Morgan fingerprint density at radius 2 is 1.86 bits per heavy atom. The molecule has 0 heterocycles. The standard InChI is InChI=1S/C20H32O/c1-13-10-18-16-5-4-14-11-15(21)6-9-20(14,3)17(16)7-8-19(18,2)12-13/h12,14-18,21H,4-11H2,1-3H3/t14-,15+,16+,17-,18-,19+,20-/m1/s1. The highest BCUT2D eigenvalue weighted by Gasteiger charge is 2.57. The van der Waals surface area contributed by atoms with E-state index in [0.717, 1.165) is 36.5 Å². The third-order valence-electron chi connectivity index (χ3n) is 8.19. The van der Waals surface area contributed by atoms with Crippen molar-refractivity contribution in [3.63, 3.8) is 0 Å². The van der Waals surface area contributed by atoms with Crippen LogP contribution < -0.4 is 0 Å². The average Bonchev–Trinajstić information content (AvgIpc) is 2.74. The first-order valence-corrected chi connectivity index (χ1v) is 9.29. The zero-order valence-electron chi connectivity index (χ0n) is 14.1. The molecule has 1 N–H and O–H groups in total. The Kier molecular flexibility index (Phi) is 3.13. The van der Waals surface area contributed by atoms with E-state index in [-0.39, 0.29) is 6.10 Å². The van der Waals surface area contributed by atoms with Gasteiger partial charge in [-0.05, 0) is 92.8 Å². The molecule has 0 amide bonds. The van der Waals surface area contributed by atoms with Crippen LogP contribution in [-0.2, 0) is 0 Å². The lowest BCUT2D eigenvalue weighted by Gasteiger charge is -2.60. The molecule has 4 aliphatic rings. The minimum Gasteiger partial charge on any atom is -0.393 e. The number of hydrogen-bond donors (Lipinski definition) is 1. The lowest BCUT2D eigenvalue weighted by molar-refractivity contribution is -0.116. The van der Waals surface area contributed by atoms with Crippen molar-refractivity contribution in [1.29, 1.82) is 0 Å². The Balaban J connectivity index is 1.63.